The Kier molecular flexibility index (Phi) is 5.74. The smallest absolute Gasteiger partial charge is 0.392 e. The number of carbonyl (C=O) groups excluding carboxylic acids is 2. The first kappa shape index (κ1) is 19.9. The minimum Gasteiger partial charge on any atom is -0.426 e. The summed E-state index contributed by atoms with van der Waals surface area (Å²) in [5.74, 6) is -0.867. The van der Waals surface area contributed by atoms with Gasteiger partial charge in [-0.05, 0) is 30.2 Å². The Hall–Kier alpha value is -2.37. The van der Waals surface area contributed by atoms with E-state index in [1.807, 2.05) is 0 Å². The van der Waals surface area contributed by atoms with Gasteiger partial charge in [0.1, 0.15) is 18.1 Å². The lowest BCUT2D eigenvalue weighted by Gasteiger charge is -2.16. The number of aryl methyl sites for hydroxylation is 1. The summed E-state index contributed by atoms with van der Waals surface area (Å²) in [5, 5.41) is -4.51. The molecule has 0 radical (unpaired) electrons. The number of fused-ring (bicyclic) bond motifs is 1. The third-order valence-corrected chi connectivity index (χ3v) is 4.15. The summed E-state index contributed by atoms with van der Waals surface area (Å²) >= 11 is 0. The fraction of sp³-hybridized carbons (Fsp3) is 0.333. The van der Waals surface area contributed by atoms with Gasteiger partial charge in [-0.25, -0.2) is 4.79 Å². The van der Waals surface area contributed by atoms with Gasteiger partial charge in [-0.2, -0.15) is 17.2 Å². The standard InChI is InChI=1S/C15H14F2O8S/c1-9(7-23-8-15(16,17)26(20,21)22)14(19)24-11-3-4-12-10(6-11)2-5-13(18)25-12/h3-4,6H,1-2,5,7-8H2,(H,20,21,22). The zero-order valence-corrected chi connectivity index (χ0v) is 14.1. The molecular formula is C15H14F2O8S. The molecule has 0 aliphatic carbocycles. The van der Waals surface area contributed by atoms with Crippen molar-refractivity contribution in [3.8, 4) is 11.5 Å². The van der Waals surface area contributed by atoms with Crippen LogP contribution in [0.15, 0.2) is 30.4 Å². The van der Waals surface area contributed by atoms with E-state index in [2.05, 4.69) is 11.3 Å². The van der Waals surface area contributed by atoms with Crippen molar-refractivity contribution >= 4 is 22.1 Å². The summed E-state index contributed by atoms with van der Waals surface area (Å²) < 4.78 is 69.5. The summed E-state index contributed by atoms with van der Waals surface area (Å²) in [5.41, 5.74) is 0.310. The molecular weight excluding hydrogens is 378 g/mol. The van der Waals surface area contributed by atoms with Gasteiger partial charge >= 0.3 is 27.3 Å². The molecule has 11 heteroatoms. The molecule has 0 aromatic heterocycles. The van der Waals surface area contributed by atoms with Crippen molar-refractivity contribution in [2.45, 2.75) is 18.1 Å². The highest BCUT2D eigenvalue weighted by Crippen LogP contribution is 2.29. The minimum atomic E-state index is -5.62. The number of hydrogen-bond acceptors (Lipinski definition) is 7. The van der Waals surface area contributed by atoms with Crippen LogP contribution >= 0.6 is 0 Å². The molecule has 0 atom stereocenters. The fourth-order valence-electron chi connectivity index (χ4n) is 1.93. The molecule has 0 fully saturated rings. The molecule has 1 aromatic carbocycles. The van der Waals surface area contributed by atoms with Crippen LogP contribution in [0.2, 0.25) is 0 Å². The van der Waals surface area contributed by atoms with Crippen molar-refractivity contribution in [2.24, 2.45) is 0 Å². The summed E-state index contributed by atoms with van der Waals surface area (Å²) in [6.07, 6.45) is 0.598. The molecule has 0 saturated heterocycles. The third kappa shape index (κ3) is 4.84. The van der Waals surface area contributed by atoms with Gasteiger partial charge in [0, 0.05) is 0 Å². The number of rotatable bonds is 7. The number of alkyl halides is 2. The largest absolute Gasteiger partial charge is 0.426 e. The van der Waals surface area contributed by atoms with Crippen LogP contribution in [0.25, 0.3) is 0 Å². The van der Waals surface area contributed by atoms with E-state index in [1.54, 1.807) is 0 Å². The Morgan fingerprint density at radius 3 is 2.69 bits per heavy atom. The second kappa shape index (κ2) is 7.48. The third-order valence-electron chi connectivity index (χ3n) is 3.28. The lowest BCUT2D eigenvalue weighted by atomic mass is 10.1. The molecule has 0 unspecified atom stereocenters. The zero-order valence-electron chi connectivity index (χ0n) is 13.2. The van der Waals surface area contributed by atoms with E-state index < -0.39 is 34.6 Å². The highest BCUT2D eigenvalue weighted by atomic mass is 32.2. The second-order valence-electron chi connectivity index (χ2n) is 5.34. The summed E-state index contributed by atoms with van der Waals surface area (Å²) in [6.45, 7) is 0.924. The first-order valence-corrected chi connectivity index (χ1v) is 8.60. The Balaban J connectivity index is 1.90. The first-order chi connectivity index (χ1) is 12.0. The van der Waals surface area contributed by atoms with Crippen molar-refractivity contribution in [2.75, 3.05) is 13.2 Å². The Labute approximate surface area is 147 Å². The maximum absolute atomic E-state index is 13.0. The van der Waals surface area contributed by atoms with Crippen LogP contribution in [0.5, 0.6) is 11.5 Å². The van der Waals surface area contributed by atoms with Crippen LogP contribution in [0.1, 0.15) is 12.0 Å². The molecule has 1 aromatic rings. The maximum Gasteiger partial charge on any atom is 0.392 e. The average Bonchev–Trinajstić information content (AvgIpc) is 2.53. The lowest BCUT2D eigenvalue weighted by Crippen LogP contribution is -2.34. The van der Waals surface area contributed by atoms with Gasteiger partial charge < -0.3 is 14.2 Å². The average molecular weight is 392 g/mol. The van der Waals surface area contributed by atoms with E-state index in [9.17, 15) is 26.8 Å². The van der Waals surface area contributed by atoms with Crippen molar-refractivity contribution < 1.29 is 45.6 Å². The fourth-order valence-corrected chi connectivity index (χ4v) is 2.16. The SMILES string of the molecule is C=C(COCC(F)(F)S(=O)(=O)O)C(=O)Oc1ccc2c(c1)CCC(=O)O2. The van der Waals surface area contributed by atoms with Crippen molar-refractivity contribution in [3.63, 3.8) is 0 Å². The van der Waals surface area contributed by atoms with E-state index >= 15 is 0 Å². The van der Waals surface area contributed by atoms with Gasteiger partial charge in [-0.3, -0.25) is 9.35 Å². The molecule has 142 valence electrons. The van der Waals surface area contributed by atoms with E-state index in [4.69, 9.17) is 14.0 Å². The predicted octanol–water partition coefficient (Wildman–Crippen LogP) is 1.50. The molecule has 1 heterocycles. The van der Waals surface area contributed by atoms with Crippen LogP contribution in [0.3, 0.4) is 0 Å². The van der Waals surface area contributed by atoms with Crippen molar-refractivity contribution in [3.05, 3.63) is 35.9 Å². The maximum atomic E-state index is 13.0. The van der Waals surface area contributed by atoms with Crippen LogP contribution in [-0.4, -0.2) is 43.4 Å². The van der Waals surface area contributed by atoms with E-state index in [0.717, 1.165) is 0 Å². The molecule has 8 nitrogen and oxygen atoms in total. The molecule has 0 amide bonds. The van der Waals surface area contributed by atoms with Gasteiger partial charge in [-0.1, -0.05) is 6.58 Å². The molecule has 1 aliphatic heterocycles. The molecule has 0 saturated carbocycles. The van der Waals surface area contributed by atoms with Crippen LogP contribution in [-0.2, 0) is 30.9 Å². The molecule has 2 rings (SSSR count). The van der Waals surface area contributed by atoms with E-state index in [0.29, 0.717) is 17.7 Å². The van der Waals surface area contributed by atoms with Crippen molar-refractivity contribution in [1.29, 1.82) is 0 Å². The molecule has 0 spiro atoms. The number of carbonyl (C=O) groups is 2. The highest BCUT2D eigenvalue weighted by Gasteiger charge is 2.44. The van der Waals surface area contributed by atoms with Gasteiger partial charge in [0.25, 0.3) is 0 Å². The lowest BCUT2D eigenvalue weighted by molar-refractivity contribution is -0.135. The molecule has 1 aliphatic rings. The van der Waals surface area contributed by atoms with Crippen LogP contribution in [0.4, 0.5) is 8.78 Å². The van der Waals surface area contributed by atoms with E-state index in [1.165, 1.54) is 18.2 Å². The minimum absolute atomic E-state index is 0.121. The Morgan fingerprint density at radius 2 is 2.04 bits per heavy atom. The normalized spacial score (nSPS) is 14.3. The molecule has 26 heavy (non-hydrogen) atoms. The number of ether oxygens (including phenoxy) is 3. The number of hydrogen-bond donors (Lipinski definition) is 1. The molecule has 0 bridgehead atoms. The monoisotopic (exact) mass is 392 g/mol. The predicted molar refractivity (Wildman–Crippen MR) is 82.5 cm³/mol. The number of benzene rings is 1. The highest BCUT2D eigenvalue weighted by molar-refractivity contribution is 7.86. The first-order valence-electron chi connectivity index (χ1n) is 7.16. The van der Waals surface area contributed by atoms with Crippen molar-refractivity contribution in [1.82, 2.24) is 0 Å². The zero-order chi connectivity index (χ0) is 19.5. The van der Waals surface area contributed by atoms with E-state index in [-0.39, 0.29) is 23.7 Å². The van der Waals surface area contributed by atoms with Gasteiger partial charge in [0.05, 0.1) is 18.6 Å². The number of halogens is 2. The summed E-state index contributed by atoms with van der Waals surface area (Å²) in [6, 6.07) is 4.30. The van der Waals surface area contributed by atoms with Crippen LogP contribution < -0.4 is 9.47 Å². The van der Waals surface area contributed by atoms with Gasteiger partial charge in [0.2, 0.25) is 0 Å². The van der Waals surface area contributed by atoms with Gasteiger partial charge in [0.15, 0.2) is 0 Å². The van der Waals surface area contributed by atoms with Crippen LogP contribution in [0, 0.1) is 0 Å². The second-order valence-corrected chi connectivity index (χ2v) is 6.89. The van der Waals surface area contributed by atoms with Gasteiger partial charge in [-0.15, -0.1) is 0 Å². The quantitative estimate of drug-likeness (QED) is 0.321. The topological polar surface area (TPSA) is 116 Å². The Bertz CT molecular complexity index is 847. The summed E-state index contributed by atoms with van der Waals surface area (Å²) in [4.78, 5) is 23.0. The Morgan fingerprint density at radius 1 is 1.35 bits per heavy atom. The summed E-state index contributed by atoms with van der Waals surface area (Å²) in [7, 11) is -5.62. The molecule has 1 N–H and O–H groups in total. The number of esters is 2.